The highest BCUT2D eigenvalue weighted by Crippen LogP contribution is 2.06. The van der Waals surface area contributed by atoms with E-state index in [-0.39, 0.29) is 11.9 Å². The molecule has 0 saturated carbocycles. The van der Waals surface area contributed by atoms with Crippen LogP contribution in [0.3, 0.4) is 0 Å². The van der Waals surface area contributed by atoms with Crippen LogP contribution in [-0.4, -0.2) is 31.6 Å². The third-order valence-electron chi connectivity index (χ3n) is 3.89. The van der Waals surface area contributed by atoms with Crippen LogP contribution in [-0.2, 0) is 0 Å². The largest absolute Gasteiger partial charge is 0.349 e. The van der Waals surface area contributed by atoms with E-state index in [1.165, 1.54) is 13.0 Å². The second kappa shape index (κ2) is 7.06. The Morgan fingerprint density at radius 2 is 2.20 bits per heavy atom. The standard InChI is InChI=1S/C16H21N3O/c1-2-8-19-9-6-15(7-10-19)18-16(20)14-5-3-4-13(11-14)12-17/h3-5,11,15H,2,6-10H2,1H3,(H,18,20)/p+1. The van der Waals surface area contributed by atoms with Crippen molar-refractivity contribution in [3.05, 3.63) is 35.4 Å². The van der Waals surface area contributed by atoms with Crippen molar-refractivity contribution in [1.82, 2.24) is 5.32 Å². The number of amides is 1. The zero-order valence-corrected chi connectivity index (χ0v) is 12.0. The predicted octanol–water partition coefficient (Wildman–Crippen LogP) is 0.745. The van der Waals surface area contributed by atoms with Gasteiger partial charge in [0.1, 0.15) is 0 Å². The summed E-state index contributed by atoms with van der Waals surface area (Å²) in [6, 6.07) is 9.20. The van der Waals surface area contributed by atoms with Crippen LogP contribution in [0.1, 0.15) is 42.1 Å². The third-order valence-corrected chi connectivity index (χ3v) is 3.89. The van der Waals surface area contributed by atoms with Gasteiger partial charge in [0.25, 0.3) is 5.91 Å². The van der Waals surface area contributed by atoms with Gasteiger partial charge in [-0.1, -0.05) is 13.0 Å². The fourth-order valence-electron chi connectivity index (χ4n) is 2.77. The molecule has 1 aromatic carbocycles. The van der Waals surface area contributed by atoms with Crippen LogP contribution >= 0.6 is 0 Å². The molecular formula is C16H22N3O+. The Bertz CT molecular complexity index is 499. The average Bonchev–Trinajstić information content (AvgIpc) is 2.49. The summed E-state index contributed by atoms with van der Waals surface area (Å²) in [5.41, 5.74) is 1.10. The minimum absolute atomic E-state index is 0.0639. The molecule has 0 bridgehead atoms. The summed E-state index contributed by atoms with van der Waals surface area (Å²) < 4.78 is 0. The maximum atomic E-state index is 12.2. The zero-order valence-electron chi connectivity index (χ0n) is 12.0. The topological polar surface area (TPSA) is 57.3 Å². The number of nitrogens with zero attached hydrogens (tertiary/aromatic N) is 1. The Kier molecular flexibility index (Phi) is 5.14. The van der Waals surface area contributed by atoms with E-state index in [2.05, 4.69) is 18.3 Å². The summed E-state index contributed by atoms with van der Waals surface area (Å²) in [6.07, 6.45) is 3.30. The molecule has 1 aliphatic rings. The fourth-order valence-corrected chi connectivity index (χ4v) is 2.77. The van der Waals surface area contributed by atoms with Gasteiger partial charge in [0.2, 0.25) is 0 Å². The minimum atomic E-state index is -0.0639. The second-order valence-electron chi connectivity index (χ2n) is 5.44. The van der Waals surface area contributed by atoms with E-state index >= 15 is 0 Å². The Morgan fingerprint density at radius 1 is 1.45 bits per heavy atom. The number of carbonyl (C=O) groups excluding carboxylic acids is 1. The Labute approximate surface area is 120 Å². The van der Waals surface area contributed by atoms with Crippen LogP contribution in [0.15, 0.2) is 24.3 Å². The summed E-state index contributed by atoms with van der Waals surface area (Å²) in [5, 5.41) is 11.9. The van der Waals surface area contributed by atoms with Crippen molar-refractivity contribution in [2.75, 3.05) is 19.6 Å². The molecule has 20 heavy (non-hydrogen) atoms. The number of nitriles is 1. The van der Waals surface area contributed by atoms with Gasteiger partial charge in [-0.2, -0.15) is 5.26 Å². The average molecular weight is 272 g/mol. The molecule has 0 spiro atoms. The molecule has 0 aliphatic carbocycles. The molecule has 1 saturated heterocycles. The van der Waals surface area contributed by atoms with Gasteiger partial charge in [0.15, 0.2) is 0 Å². The SMILES string of the molecule is CCC[NH+]1CCC(NC(=O)c2cccc(C#N)c2)CC1. The molecule has 4 heteroatoms. The molecule has 106 valence electrons. The van der Waals surface area contributed by atoms with Gasteiger partial charge in [-0.3, -0.25) is 4.79 Å². The summed E-state index contributed by atoms with van der Waals surface area (Å²) >= 11 is 0. The highest BCUT2D eigenvalue weighted by atomic mass is 16.1. The lowest BCUT2D eigenvalue weighted by atomic mass is 10.0. The first-order valence-electron chi connectivity index (χ1n) is 7.37. The fraction of sp³-hybridized carbons (Fsp3) is 0.500. The van der Waals surface area contributed by atoms with Gasteiger partial charge in [0.05, 0.1) is 31.3 Å². The first kappa shape index (κ1) is 14.5. The van der Waals surface area contributed by atoms with Crippen LogP contribution in [0.4, 0.5) is 0 Å². The molecule has 1 fully saturated rings. The molecule has 0 radical (unpaired) electrons. The molecule has 4 nitrogen and oxygen atoms in total. The monoisotopic (exact) mass is 272 g/mol. The van der Waals surface area contributed by atoms with Crippen LogP contribution in [0.2, 0.25) is 0 Å². The maximum absolute atomic E-state index is 12.2. The second-order valence-corrected chi connectivity index (χ2v) is 5.44. The molecule has 2 N–H and O–H groups in total. The quantitative estimate of drug-likeness (QED) is 0.849. The maximum Gasteiger partial charge on any atom is 0.251 e. The summed E-state index contributed by atoms with van der Waals surface area (Å²) in [5.74, 6) is -0.0639. The minimum Gasteiger partial charge on any atom is -0.349 e. The highest BCUT2D eigenvalue weighted by Gasteiger charge is 2.23. The van der Waals surface area contributed by atoms with Crippen molar-refractivity contribution in [3.63, 3.8) is 0 Å². The molecule has 0 atom stereocenters. The van der Waals surface area contributed by atoms with Crippen molar-refractivity contribution in [2.24, 2.45) is 0 Å². The first-order valence-corrected chi connectivity index (χ1v) is 7.37. The van der Waals surface area contributed by atoms with Gasteiger partial charge < -0.3 is 10.2 Å². The number of piperidine rings is 1. The Hall–Kier alpha value is -1.86. The summed E-state index contributed by atoms with van der Waals surface area (Å²) in [7, 11) is 0. The molecule has 0 unspecified atom stereocenters. The molecule has 2 rings (SSSR count). The lowest BCUT2D eigenvalue weighted by Gasteiger charge is -2.29. The van der Waals surface area contributed by atoms with Crippen molar-refractivity contribution in [1.29, 1.82) is 5.26 Å². The van der Waals surface area contributed by atoms with Crippen molar-refractivity contribution >= 4 is 5.91 Å². The number of carbonyl (C=O) groups is 1. The number of nitrogens with one attached hydrogen (secondary N) is 2. The summed E-state index contributed by atoms with van der Waals surface area (Å²) in [4.78, 5) is 13.8. The van der Waals surface area contributed by atoms with E-state index < -0.39 is 0 Å². The smallest absolute Gasteiger partial charge is 0.251 e. The van der Waals surface area contributed by atoms with E-state index in [9.17, 15) is 4.79 Å². The van der Waals surface area contributed by atoms with Crippen molar-refractivity contribution < 1.29 is 9.69 Å². The van der Waals surface area contributed by atoms with Gasteiger partial charge in [0, 0.05) is 24.4 Å². The number of rotatable bonds is 4. The normalized spacial score (nSPS) is 22.0. The Balaban J connectivity index is 1.88. The van der Waals surface area contributed by atoms with E-state index in [0.29, 0.717) is 11.1 Å². The third kappa shape index (κ3) is 3.82. The van der Waals surface area contributed by atoms with E-state index in [1.807, 2.05) is 0 Å². The lowest BCUT2D eigenvalue weighted by Crippen LogP contribution is -3.13. The molecule has 1 aliphatic heterocycles. The van der Waals surface area contributed by atoms with Crippen LogP contribution in [0.25, 0.3) is 0 Å². The van der Waals surface area contributed by atoms with Crippen LogP contribution in [0.5, 0.6) is 0 Å². The van der Waals surface area contributed by atoms with Crippen molar-refractivity contribution in [3.8, 4) is 6.07 Å². The Morgan fingerprint density at radius 3 is 2.85 bits per heavy atom. The molecule has 1 aromatic rings. The van der Waals surface area contributed by atoms with Crippen LogP contribution < -0.4 is 10.2 Å². The van der Waals surface area contributed by atoms with Gasteiger partial charge in [-0.05, 0) is 24.6 Å². The number of likely N-dealkylation sites (tertiary alicyclic amines) is 1. The zero-order chi connectivity index (χ0) is 14.4. The van der Waals surface area contributed by atoms with Gasteiger partial charge in [-0.15, -0.1) is 0 Å². The van der Waals surface area contributed by atoms with Crippen LogP contribution in [0, 0.1) is 11.3 Å². The van der Waals surface area contributed by atoms with E-state index in [0.717, 1.165) is 25.9 Å². The lowest BCUT2D eigenvalue weighted by molar-refractivity contribution is -0.905. The molecule has 1 heterocycles. The highest BCUT2D eigenvalue weighted by molar-refractivity contribution is 5.94. The molecular weight excluding hydrogens is 250 g/mol. The molecule has 1 amide bonds. The predicted molar refractivity (Wildman–Crippen MR) is 77.5 cm³/mol. The van der Waals surface area contributed by atoms with E-state index in [1.54, 1.807) is 29.2 Å². The van der Waals surface area contributed by atoms with E-state index in [4.69, 9.17) is 5.26 Å². The first-order chi connectivity index (χ1) is 9.72. The number of quaternary nitrogens is 1. The number of hydrogen-bond donors (Lipinski definition) is 2. The van der Waals surface area contributed by atoms with Crippen molar-refractivity contribution in [2.45, 2.75) is 32.2 Å². The number of hydrogen-bond acceptors (Lipinski definition) is 2. The van der Waals surface area contributed by atoms with Gasteiger partial charge in [-0.25, -0.2) is 0 Å². The summed E-state index contributed by atoms with van der Waals surface area (Å²) in [6.45, 7) is 5.71. The number of benzene rings is 1. The molecule has 0 aromatic heterocycles. The van der Waals surface area contributed by atoms with Gasteiger partial charge >= 0.3 is 0 Å².